The minimum absolute atomic E-state index is 0.672. The van der Waals surface area contributed by atoms with Gasteiger partial charge in [0.05, 0.1) is 0 Å². The summed E-state index contributed by atoms with van der Waals surface area (Å²) in [4.78, 5) is 0. The number of nitrogens with zero attached hydrogens (tertiary/aromatic N) is 2. The standard InChI is InChI=1S/C13H14ClN3S/c1-8-2-5-11(14)6-10(8)7-15-13-17-16-12(18-13)9-3-4-9/h2,5-6,9H,3-4,7H2,1H3,(H,15,17). The van der Waals surface area contributed by atoms with E-state index < -0.39 is 0 Å². The highest BCUT2D eigenvalue weighted by Gasteiger charge is 2.27. The van der Waals surface area contributed by atoms with Crippen molar-refractivity contribution in [1.82, 2.24) is 10.2 Å². The van der Waals surface area contributed by atoms with E-state index in [9.17, 15) is 0 Å². The molecule has 1 aliphatic rings. The van der Waals surface area contributed by atoms with Crippen LogP contribution in [0.15, 0.2) is 18.2 Å². The Labute approximate surface area is 115 Å². The second-order valence-corrected chi connectivity index (χ2v) is 6.09. The average molecular weight is 280 g/mol. The van der Waals surface area contributed by atoms with Gasteiger partial charge in [0.1, 0.15) is 5.01 Å². The summed E-state index contributed by atoms with van der Waals surface area (Å²) in [7, 11) is 0. The molecule has 0 saturated heterocycles. The number of hydrogen-bond acceptors (Lipinski definition) is 4. The van der Waals surface area contributed by atoms with E-state index in [1.165, 1.54) is 29.0 Å². The molecule has 18 heavy (non-hydrogen) atoms. The first-order valence-corrected chi connectivity index (χ1v) is 7.24. The van der Waals surface area contributed by atoms with Crippen molar-refractivity contribution >= 4 is 28.1 Å². The zero-order valence-electron chi connectivity index (χ0n) is 10.1. The largest absolute Gasteiger partial charge is 0.356 e. The van der Waals surface area contributed by atoms with Gasteiger partial charge in [-0.05, 0) is 43.0 Å². The fraction of sp³-hybridized carbons (Fsp3) is 0.385. The van der Waals surface area contributed by atoms with E-state index in [1.54, 1.807) is 11.3 Å². The molecule has 0 atom stereocenters. The normalized spacial score (nSPS) is 14.8. The maximum atomic E-state index is 6.00. The smallest absolute Gasteiger partial charge is 0.205 e. The molecule has 3 nitrogen and oxygen atoms in total. The Bertz CT molecular complexity index is 563. The van der Waals surface area contributed by atoms with Crippen molar-refractivity contribution in [3.63, 3.8) is 0 Å². The van der Waals surface area contributed by atoms with Crippen LogP contribution in [0.1, 0.15) is 34.9 Å². The van der Waals surface area contributed by atoms with Crippen molar-refractivity contribution < 1.29 is 0 Å². The molecule has 1 fully saturated rings. The van der Waals surface area contributed by atoms with Crippen LogP contribution in [0.3, 0.4) is 0 Å². The minimum Gasteiger partial charge on any atom is -0.356 e. The summed E-state index contributed by atoms with van der Waals surface area (Å²) in [6.45, 7) is 2.83. The molecule has 0 amide bonds. The van der Waals surface area contributed by atoms with Crippen LogP contribution >= 0.6 is 22.9 Å². The summed E-state index contributed by atoms with van der Waals surface area (Å²) in [5, 5.41) is 14.5. The maximum Gasteiger partial charge on any atom is 0.205 e. The Morgan fingerprint density at radius 2 is 2.22 bits per heavy atom. The third-order valence-corrected chi connectivity index (χ3v) is 4.39. The van der Waals surface area contributed by atoms with E-state index in [1.807, 2.05) is 18.2 Å². The summed E-state index contributed by atoms with van der Waals surface area (Å²) in [6, 6.07) is 5.94. The number of halogens is 1. The van der Waals surface area contributed by atoms with Crippen LogP contribution in [-0.2, 0) is 6.54 Å². The fourth-order valence-electron chi connectivity index (χ4n) is 1.80. The summed E-state index contributed by atoms with van der Waals surface area (Å²) >= 11 is 7.67. The molecule has 1 aromatic heterocycles. The number of hydrogen-bond donors (Lipinski definition) is 1. The highest BCUT2D eigenvalue weighted by molar-refractivity contribution is 7.15. The molecule has 0 bridgehead atoms. The maximum absolute atomic E-state index is 6.00. The topological polar surface area (TPSA) is 37.8 Å². The summed E-state index contributed by atoms with van der Waals surface area (Å²) < 4.78 is 0. The predicted octanol–water partition coefficient (Wildman–Crippen LogP) is 3.99. The number of aryl methyl sites for hydroxylation is 1. The van der Waals surface area contributed by atoms with Crippen LogP contribution in [-0.4, -0.2) is 10.2 Å². The van der Waals surface area contributed by atoms with E-state index >= 15 is 0 Å². The zero-order chi connectivity index (χ0) is 12.5. The van der Waals surface area contributed by atoms with Crippen LogP contribution in [0, 0.1) is 6.92 Å². The first-order chi connectivity index (χ1) is 8.72. The lowest BCUT2D eigenvalue weighted by Gasteiger charge is -2.06. The van der Waals surface area contributed by atoms with E-state index in [0.717, 1.165) is 16.7 Å². The quantitative estimate of drug-likeness (QED) is 0.920. The Balaban J connectivity index is 1.67. The van der Waals surface area contributed by atoms with Gasteiger partial charge in [-0.2, -0.15) is 0 Å². The summed E-state index contributed by atoms with van der Waals surface area (Å²) in [6.07, 6.45) is 2.53. The van der Waals surface area contributed by atoms with Crippen LogP contribution in [0.5, 0.6) is 0 Å². The van der Waals surface area contributed by atoms with Crippen molar-refractivity contribution in [1.29, 1.82) is 0 Å². The zero-order valence-corrected chi connectivity index (χ0v) is 11.7. The Morgan fingerprint density at radius 1 is 1.39 bits per heavy atom. The number of anilines is 1. The Kier molecular flexibility index (Phi) is 3.22. The molecule has 94 valence electrons. The molecule has 1 heterocycles. The Hall–Kier alpha value is -1.13. The number of rotatable bonds is 4. The van der Waals surface area contributed by atoms with Gasteiger partial charge in [0.2, 0.25) is 5.13 Å². The number of aromatic nitrogens is 2. The second kappa shape index (κ2) is 4.86. The minimum atomic E-state index is 0.672. The molecule has 0 radical (unpaired) electrons. The van der Waals surface area contributed by atoms with Gasteiger partial charge < -0.3 is 5.32 Å². The van der Waals surface area contributed by atoms with Crippen LogP contribution < -0.4 is 5.32 Å². The van der Waals surface area contributed by atoms with Gasteiger partial charge in [-0.1, -0.05) is 29.0 Å². The van der Waals surface area contributed by atoms with Gasteiger partial charge in [-0.15, -0.1) is 10.2 Å². The van der Waals surface area contributed by atoms with Gasteiger partial charge in [0, 0.05) is 17.5 Å². The molecule has 1 aromatic carbocycles. The molecule has 0 unspecified atom stereocenters. The van der Waals surface area contributed by atoms with E-state index in [2.05, 4.69) is 22.4 Å². The fourth-order valence-corrected chi connectivity index (χ4v) is 2.91. The lowest BCUT2D eigenvalue weighted by molar-refractivity contribution is 0.967. The highest BCUT2D eigenvalue weighted by atomic mass is 35.5. The van der Waals surface area contributed by atoms with Crippen LogP contribution in [0.4, 0.5) is 5.13 Å². The van der Waals surface area contributed by atoms with Crippen molar-refractivity contribution in [2.24, 2.45) is 0 Å². The monoisotopic (exact) mass is 279 g/mol. The van der Waals surface area contributed by atoms with Gasteiger partial charge >= 0.3 is 0 Å². The summed E-state index contributed by atoms with van der Waals surface area (Å²) in [5.41, 5.74) is 2.43. The number of benzene rings is 1. The van der Waals surface area contributed by atoms with Crippen LogP contribution in [0.2, 0.25) is 5.02 Å². The van der Waals surface area contributed by atoms with Crippen molar-refractivity contribution in [3.05, 3.63) is 39.4 Å². The summed E-state index contributed by atoms with van der Waals surface area (Å²) in [5.74, 6) is 0.672. The predicted molar refractivity (Wildman–Crippen MR) is 75.4 cm³/mol. The number of nitrogens with one attached hydrogen (secondary N) is 1. The van der Waals surface area contributed by atoms with Gasteiger partial charge in [0.15, 0.2) is 0 Å². The SMILES string of the molecule is Cc1ccc(Cl)cc1CNc1nnc(C2CC2)s1. The average Bonchev–Trinajstić information content (AvgIpc) is 3.10. The molecule has 0 aliphatic heterocycles. The molecule has 1 saturated carbocycles. The Morgan fingerprint density at radius 3 is 3.00 bits per heavy atom. The van der Waals surface area contributed by atoms with E-state index in [-0.39, 0.29) is 0 Å². The second-order valence-electron chi connectivity index (χ2n) is 4.64. The first kappa shape index (κ1) is 11.9. The van der Waals surface area contributed by atoms with Gasteiger partial charge in [-0.3, -0.25) is 0 Å². The molecular formula is C13H14ClN3S. The highest BCUT2D eigenvalue weighted by Crippen LogP contribution is 2.42. The molecule has 1 aliphatic carbocycles. The molecular weight excluding hydrogens is 266 g/mol. The lowest BCUT2D eigenvalue weighted by atomic mass is 10.1. The van der Waals surface area contributed by atoms with Gasteiger partial charge in [0.25, 0.3) is 0 Å². The van der Waals surface area contributed by atoms with E-state index in [0.29, 0.717) is 5.92 Å². The molecule has 2 aromatic rings. The molecule has 1 N–H and O–H groups in total. The third kappa shape index (κ3) is 2.65. The third-order valence-electron chi connectivity index (χ3n) is 3.11. The molecule has 3 rings (SSSR count). The first-order valence-electron chi connectivity index (χ1n) is 6.04. The van der Waals surface area contributed by atoms with E-state index in [4.69, 9.17) is 11.6 Å². The molecule has 5 heteroatoms. The van der Waals surface area contributed by atoms with Crippen molar-refractivity contribution in [2.75, 3.05) is 5.32 Å². The van der Waals surface area contributed by atoms with Crippen molar-refractivity contribution in [3.8, 4) is 0 Å². The van der Waals surface area contributed by atoms with Crippen LogP contribution in [0.25, 0.3) is 0 Å². The van der Waals surface area contributed by atoms with Gasteiger partial charge in [-0.25, -0.2) is 0 Å². The lowest BCUT2D eigenvalue weighted by Crippen LogP contribution is -2.00. The molecule has 0 spiro atoms. The van der Waals surface area contributed by atoms with Crippen molar-refractivity contribution in [2.45, 2.75) is 32.2 Å².